The monoisotopic (exact) mass is 377 g/mol. The van der Waals surface area contributed by atoms with Crippen molar-refractivity contribution in [1.82, 2.24) is 9.78 Å². The second-order valence-corrected chi connectivity index (χ2v) is 5.55. The van der Waals surface area contributed by atoms with E-state index in [0.29, 0.717) is 16.8 Å². The summed E-state index contributed by atoms with van der Waals surface area (Å²) >= 11 is 0. The maximum Gasteiger partial charge on any atom is 0.435 e. The van der Waals surface area contributed by atoms with Crippen molar-refractivity contribution >= 4 is 5.69 Å². The van der Waals surface area contributed by atoms with Gasteiger partial charge in [0.15, 0.2) is 5.69 Å². The number of alkyl halides is 3. The lowest BCUT2D eigenvalue weighted by Crippen LogP contribution is -2.21. The number of rotatable bonds is 2. The zero-order chi connectivity index (χ0) is 19.2. The number of allylic oxidation sites excluding steroid dienone is 2. The highest BCUT2D eigenvalue weighted by atomic mass is 19.4. The van der Waals surface area contributed by atoms with Crippen molar-refractivity contribution in [2.45, 2.75) is 6.18 Å². The van der Waals surface area contributed by atoms with Crippen molar-refractivity contribution in [2.24, 2.45) is 7.05 Å². The zero-order valence-corrected chi connectivity index (χ0v) is 13.1. The lowest BCUT2D eigenvalue weighted by molar-refractivity contribution is -0.141. The van der Waals surface area contributed by atoms with Crippen molar-refractivity contribution in [2.75, 3.05) is 11.4 Å². The van der Waals surface area contributed by atoms with Crippen LogP contribution in [0.2, 0.25) is 0 Å². The van der Waals surface area contributed by atoms with Gasteiger partial charge in [-0.05, 0) is 18.2 Å². The number of halogens is 7. The van der Waals surface area contributed by atoms with Crippen LogP contribution < -0.4 is 4.90 Å². The van der Waals surface area contributed by atoms with Crippen LogP contribution in [0.15, 0.2) is 42.1 Å². The molecule has 0 amide bonds. The molecule has 0 unspecified atom stereocenters. The summed E-state index contributed by atoms with van der Waals surface area (Å²) in [4.78, 5) is 0.936. The minimum Gasteiger partial charge on any atom is -0.338 e. The van der Waals surface area contributed by atoms with E-state index in [2.05, 4.69) is 5.10 Å². The third-order valence-corrected chi connectivity index (χ3v) is 3.68. The molecule has 2 heterocycles. The number of benzene rings is 1. The molecule has 3 nitrogen and oxygen atoms in total. The maximum absolute atomic E-state index is 14.4. The summed E-state index contributed by atoms with van der Waals surface area (Å²) in [7, 11) is 1.11. The second kappa shape index (κ2) is 6.19. The SMILES string of the molecule is Cn1nc(C(F)(F)F)cc1-c1c(F)cc(N2C=C(F)C=C(F)C2)cc1F. The molecule has 1 aromatic heterocycles. The molecule has 0 atom stereocenters. The summed E-state index contributed by atoms with van der Waals surface area (Å²) in [6, 6.07) is 2.08. The Morgan fingerprint density at radius 1 is 1.00 bits per heavy atom. The molecule has 0 radical (unpaired) electrons. The predicted molar refractivity (Wildman–Crippen MR) is 79.3 cm³/mol. The number of nitrogens with zero attached hydrogens (tertiary/aromatic N) is 3. The minimum atomic E-state index is -4.77. The lowest BCUT2D eigenvalue weighted by Gasteiger charge is -2.23. The standard InChI is InChI=1S/C16H10F7N3/c1-25-13(5-14(24-25)16(21,22)23)15-11(19)3-10(4-12(15)20)26-6-8(17)2-9(18)7-26/h2-6H,7H2,1H3. The topological polar surface area (TPSA) is 21.1 Å². The molecule has 0 bridgehead atoms. The van der Waals surface area contributed by atoms with Gasteiger partial charge in [-0.3, -0.25) is 4.68 Å². The van der Waals surface area contributed by atoms with Crippen molar-refractivity contribution in [3.05, 3.63) is 59.5 Å². The van der Waals surface area contributed by atoms with Gasteiger partial charge in [0.1, 0.15) is 23.3 Å². The van der Waals surface area contributed by atoms with E-state index < -0.39 is 53.0 Å². The van der Waals surface area contributed by atoms with Crippen molar-refractivity contribution < 1.29 is 30.7 Å². The number of aryl methyl sites for hydroxylation is 1. The number of anilines is 1. The molecule has 1 aromatic carbocycles. The Morgan fingerprint density at radius 3 is 2.12 bits per heavy atom. The highest BCUT2D eigenvalue weighted by Crippen LogP contribution is 2.35. The van der Waals surface area contributed by atoms with Crippen LogP contribution in [0.1, 0.15) is 5.69 Å². The molecular weight excluding hydrogens is 367 g/mol. The summed E-state index contributed by atoms with van der Waals surface area (Å²) in [6.45, 7) is -0.435. The van der Waals surface area contributed by atoms with Crippen molar-refractivity contribution in [3.63, 3.8) is 0 Å². The Balaban J connectivity index is 2.04. The van der Waals surface area contributed by atoms with E-state index in [1.165, 1.54) is 0 Å². The fraction of sp³-hybridized carbons (Fsp3) is 0.188. The van der Waals surface area contributed by atoms with Gasteiger partial charge in [-0.2, -0.15) is 18.3 Å². The van der Waals surface area contributed by atoms with Gasteiger partial charge in [-0.25, -0.2) is 17.6 Å². The van der Waals surface area contributed by atoms with Crippen LogP contribution in [0.3, 0.4) is 0 Å². The van der Waals surface area contributed by atoms with Gasteiger partial charge in [0.25, 0.3) is 0 Å². The van der Waals surface area contributed by atoms with E-state index >= 15 is 0 Å². The largest absolute Gasteiger partial charge is 0.435 e. The Bertz CT molecular complexity index is 901. The molecule has 2 aromatic rings. The van der Waals surface area contributed by atoms with Gasteiger partial charge in [-0.15, -0.1) is 0 Å². The minimum absolute atomic E-state index is 0.194. The molecule has 0 aliphatic carbocycles. The van der Waals surface area contributed by atoms with E-state index in [9.17, 15) is 30.7 Å². The van der Waals surface area contributed by atoms with Crippen molar-refractivity contribution in [1.29, 1.82) is 0 Å². The summed E-state index contributed by atoms with van der Waals surface area (Å²) in [5.74, 6) is -4.18. The van der Waals surface area contributed by atoms with Crippen LogP contribution in [0.4, 0.5) is 36.4 Å². The average Bonchev–Trinajstić information content (AvgIpc) is 2.87. The van der Waals surface area contributed by atoms with E-state index in [1.807, 2.05) is 0 Å². The van der Waals surface area contributed by atoms with Crippen LogP contribution in [0.25, 0.3) is 11.3 Å². The summed E-state index contributed by atoms with van der Waals surface area (Å²) in [5.41, 5.74) is -2.64. The van der Waals surface area contributed by atoms with Gasteiger partial charge >= 0.3 is 6.18 Å². The molecule has 0 spiro atoms. The third kappa shape index (κ3) is 3.31. The number of hydrogen-bond donors (Lipinski definition) is 0. The molecule has 0 saturated heterocycles. The third-order valence-electron chi connectivity index (χ3n) is 3.68. The molecule has 0 fully saturated rings. The Morgan fingerprint density at radius 2 is 1.62 bits per heavy atom. The van der Waals surface area contributed by atoms with Gasteiger partial charge in [-0.1, -0.05) is 0 Å². The first-order valence-electron chi connectivity index (χ1n) is 7.17. The quantitative estimate of drug-likeness (QED) is 0.697. The van der Waals surface area contributed by atoms with E-state index in [-0.39, 0.29) is 5.69 Å². The van der Waals surface area contributed by atoms with Crippen LogP contribution in [-0.4, -0.2) is 16.3 Å². The number of hydrogen-bond acceptors (Lipinski definition) is 2. The molecule has 1 aliphatic rings. The second-order valence-electron chi connectivity index (χ2n) is 5.55. The maximum atomic E-state index is 14.4. The molecule has 10 heteroatoms. The van der Waals surface area contributed by atoms with Crippen LogP contribution in [0.5, 0.6) is 0 Å². The van der Waals surface area contributed by atoms with Crippen molar-refractivity contribution in [3.8, 4) is 11.3 Å². The Kier molecular flexibility index (Phi) is 4.29. The van der Waals surface area contributed by atoms with Crippen LogP contribution in [-0.2, 0) is 13.2 Å². The van der Waals surface area contributed by atoms with Crippen LogP contribution in [0, 0.1) is 11.6 Å². The summed E-state index contributed by atoms with van der Waals surface area (Å²) < 4.78 is 94.3. The van der Waals surface area contributed by atoms with Gasteiger partial charge in [0.2, 0.25) is 0 Å². The van der Waals surface area contributed by atoms with Gasteiger partial charge < -0.3 is 4.90 Å². The first kappa shape index (κ1) is 18.0. The Labute approximate surface area is 142 Å². The normalized spacial score (nSPS) is 15.2. The van der Waals surface area contributed by atoms with Gasteiger partial charge in [0.05, 0.1) is 17.8 Å². The average molecular weight is 377 g/mol. The van der Waals surface area contributed by atoms with Gasteiger partial charge in [0, 0.05) is 25.0 Å². The molecule has 26 heavy (non-hydrogen) atoms. The fourth-order valence-electron chi connectivity index (χ4n) is 2.57. The lowest BCUT2D eigenvalue weighted by atomic mass is 10.1. The summed E-state index contributed by atoms with van der Waals surface area (Å²) in [5, 5.41) is 3.20. The molecular formula is C16H10F7N3. The fourth-order valence-corrected chi connectivity index (χ4v) is 2.57. The first-order chi connectivity index (χ1) is 12.1. The molecule has 0 saturated carbocycles. The van der Waals surface area contributed by atoms with Crippen LogP contribution >= 0.6 is 0 Å². The predicted octanol–water partition coefficient (Wildman–Crippen LogP) is 4.87. The zero-order valence-electron chi connectivity index (χ0n) is 13.1. The Hall–Kier alpha value is -2.78. The summed E-state index contributed by atoms with van der Waals surface area (Å²) in [6.07, 6.45) is -3.29. The molecule has 138 valence electrons. The highest BCUT2D eigenvalue weighted by Gasteiger charge is 2.35. The first-order valence-corrected chi connectivity index (χ1v) is 7.17. The highest BCUT2D eigenvalue weighted by molar-refractivity contribution is 5.67. The number of aromatic nitrogens is 2. The molecule has 0 N–H and O–H groups in total. The van der Waals surface area contributed by atoms with E-state index in [4.69, 9.17) is 0 Å². The molecule has 3 rings (SSSR count). The molecule has 1 aliphatic heterocycles. The van der Waals surface area contributed by atoms with E-state index in [0.717, 1.165) is 30.3 Å². The smallest absolute Gasteiger partial charge is 0.338 e. The van der Waals surface area contributed by atoms with E-state index in [1.54, 1.807) is 0 Å².